The van der Waals surface area contributed by atoms with E-state index in [2.05, 4.69) is 28.5 Å². The molecule has 2 aromatic rings. The van der Waals surface area contributed by atoms with Gasteiger partial charge in [0.05, 0.1) is 5.69 Å². The fourth-order valence-corrected chi connectivity index (χ4v) is 3.39. The highest BCUT2D eigenvalue weighted by Crippen LogP contribution is 2.30. The van der Waals surface area contributed by atoms with E-state index >= 15 is 0 Å². The number of fused-ring (bicyclic) bond motifs is 1. The predicted molar refractivity (Wildman–Crippen MR) is 86.5 cm³/mol. The van der Waals surface area contributed by atoms with Crippen LogP contribution in [-0.4, -0.2) is 16.9 Å². The number of benzene rings is 1. The molecule has 1 atom stereocenters. The van der Waals surface area contributed by atoms with Crippen LogP contribution in [0.2, 0.25) is 0 Å². The molecule has 1 aliphatic rings. The molecule has 1 aliphatic carbocycles. The van der Waals surface area contributed by atoms with E-state index in [0.29, 0.717) is 11.6 Å². The molecule has 3 N–H and O–H groups in total. The number of anilines is 1. The number of hydrogen-bond acceptors (Lipinski definition) is 4. The van der Waals surface area contributed by atoms with E-state index in [-0.39, 0.29) is 11.9 Å². The number of aromatic nitrogens is 1. The van der Waals surface area contributed by atoms with Crippen molar-refractivity contribution in [3.8, 4) is 11.3 Å². The van der Waals surface area contributed by atoms with E-state index in [4.69, 9.17) is 5.73 Å². The van der Waals surface area contributed by atoms with Gasteiger partial charge in [-0.05, 0) is 43.4 Å². The van der Waals surface area contributed by atoms with Crippen LogP contribution in [0.4, 0.5) is 5.13 Å². The standard InChI is InChI=1S/C16H19N3OS/c1-10(17)7-15(20)19-16-18-14(9-21-16)13-6-5-11-3-2-4-12(11)8-13/h5-6,8-10H,2-4,7,17H2,1H3,(H,18,19,20). The highest BCUT2D eigenvalue weighted by molar-refractivity contribution is 7.14. The maximum Gasteiger partial charge on any atom is 0.227 e. The molecule has 4 nitrogen and oxygen atoms in total. The molecular weight excluding hydrogens is 282 g/mol. The lowest BCUT2D eigenvalue weighted by atomic mass is 10.1. The van der Waals surface area contributed by atoms with Crippen LogP contribution in [0.15, 0.2) is 23.6 Å². The maximum absolute atomic E-state index is 11.7. The van der Waals surface area contributed by atoms with E-state index in [9.17, 15) is 4.79 Å². The van der Waals surface area contributed by atoms with Crippen molar-refractivity contribution in [3.05, 3.63) is 34.7 Å². The van der Waals surface area contributed by atoms with Gasteiger partial charge in [0.1, 0.15) is 0 Å². The third-order valence-corrected chi connectivity index (χ3v) is 4.41. The summed E-state index contributed by atoms with van der Waals surface area (Å²) in [6.07, 6.45) is 3.90. The summed E-state index contributed by atoms with van der Waals surface area (Å²) in [5.74, 6) is -0.0835. The second-order valence-corrected chi connectivity index (χ2v) is 6.46. The Bertz CT molecular complexity index is 663. The normalized spacial score (nSPS) is 14.8. The molecule has 1 amide bonds. The minimum Gasteiger partial charge on any atom is -0.327 e. The molecule has 0 spiro atoms. The van der Waals surface area contributed by atoms with E-state index in [1.807, 2.05) is 12.3 Å². The Kier molecular flexibility index (Phi) is 4.03. The van der Waals surface area contributed by atoms with Crippen molar-refractivity contribution >= 4 is 22.4 Å². The van der Waals surface area contributed by atoms with Crippen LogP contribution in [0.1, 0.15) is 30.9 Å². The minimum atomic E-state index is -0.138. The first-order valence-electron chi connectivity index (χ1n) is 7.25. The lowest BCUT2D eigenvalue weighted by molar-refractivity contribution is -0.116. The third kappa shape index (κ3) is 3.31. The van der Waals surface area contributed by atoms with E-state index < -0.39 is 0 Å². The van der Waals surface area contributed by atoms with Crippen molar-refractivity contribution in [1.82, 2.24) is 4.98 Å². The Labute approximate surface area is 128 Å². The fourth-order valence-electron chi connectivity index (χ4n) is 2.66. The number of aryl methyl sites for hydroxylation is 2. The van der Waals surface area contributed by atoms with Crippen LogP contribution >= 0.6 is 11.3 Å². The number of carbonyl (C=O) groups is 1. The van der Waals surface area contributed by atoms with Crippen LogP contribution in [0.25, 0.3) is 11.3 Å². The molecule has 110 valence electrons. The van der Waals surface area contributed by atoms with Crippen molar-refractivity contribution in [1.29, 1.82) is 0 Å². The number of thiazole rings is 1. The zero-order valence-corrected chi connectivity index (χ0v) is 12.9. The molecular formula is C16H19N3OS. The third-order valence-electron chi connectivity index (χ3n) is 3.65. The molecule has 0 fully saturated rings. The Morgan fingerprint density at radius 2 is 2.24 bits per heavy atom. The van der Waals surface area contributed by atoms with Gasteiger partial charge in [-0.2, -0.15) is 0 Å². The summed E-state index contributed by atoms with van der Waals surface area (Å²) >= 11 is 1.45. The number of nitrogens with zero attached hydrogens (tertiary/aromatic N) is 1. The van der Waals surface area contributed by atoms with Gasteiger partial charge in [-0.3, -0.25) is 4.79 Å². The van der Waals surface area contributed by atoms with Gasteiger partial charge >= 0.3 is 0 Å². The zero-order valence-electron chi connectivity index (χ0n) is 12.1. The Morgan fingerprint density at radius 1 is 1.43 bits per heavy atom. The molecule has 1 aromatic heterocycles. The topological polar surface area (TPSA) is 68.0 Å². The summed E-state index contributed by atoms with van der Waals surface area (Å²) in [4.78, 5) is 16.2. The van der Waals surface area contributed by atoms with Crippen LogP contribution < -0.4 is 11.1 Å². The Hall–Kier alpha value is -1.72. The summed E-state index contributed by atoms with van der Waals surface area (Å²) in [5.41, 5.74) is 10.6. The summed E-state index contributed by atoms with van der Waals surface area (Å²) in [6.45, 7) is 1.82. The van der Waals surface area contributed by atoms with Crippen molar-refractivity contribution in [2.24, 2.45) is 5.73 Å². The number of nitrogens with two attached hydrogens (primary N) is 1. The molecule has 1 aromatic carbocycles. The summed E-state index contributed by atoms with van der Waals surface area (Å²) in [6, 6.07) is 6.41. The van der Waals surface area contributed by atoms with Gasteiger partial charge in [0.2, 0.25) is 5.91 Å². The van der Waals surface area contributed by atoms with Crippen molar-refractivity contribution in [2.75, 3.05) is 5.32 Å². The van der Waals surface area contributed by atoms with E-state index in [0.717, 1.165) is 17.7 Å². The average molecular weight is 301 g/mol. The van der Waals surface area contributed by atoms with Crippen molar-refractivity contribution in [3.63, 3.8) is 0 Å². The van der Waals surface area contributed by atoms with Crippen LogP contribution in [-0.2, 0) is 17.6 Å². The SMILES string of the molecule is CC(N)CC(=O)Nc1nc(-c2ccc3c(c2)CCC3)cs1. The van der Waals surface area contributed by atoms with Crippen LogP contribution in [0.3, 0.4) is 0 Å². The molecule has 1 heterocycles. The van der Waals surface area contributed by atoms with Gasteiger partial charge in [-0.25, -0.2) is 4.98 Å². The lowest BCUT2D eigenvalue weighted by Crippen LogP contribution is -2.23. The molecule has 1 unspecified atom stereocenters. The molecule has 0 aliphatic heterocycles. The largest absolute Gasteiger partial charge is 0.327 e. The van der Waals surface area contributed by atoms with E-state index in [1.165, 1.54) is 35.3 Å². The Balaban J connectivity index is 1.74. The fraction of sp³-hybridized carbons (Fsp3) is 0.375. The molecule has 0 bridgehead atoms. The Morgan fingerprint density at radius 3 is 3.05 bits per heavy atom. The van der Waals surface area contributed by atoms with Gasteiger partial charge in [0, 0.05) is 23.4 Å². The number of hydrogen-bond donors (Lipinski definition) is 2. The molecule has 21 heavy (non-hydrogen) atoms. The van der Waals surface area contributed by atoms with E-state index in [1.54, 1.807) is 0 Å². The summed E-state index contributed by atoms with van der Waals surface area (Å²) in [5, 5.41) is 5.42. The molecule has 3 rings (SSSR count). The molecule has 0 radical (unpaired) electrons. The summed E-state index contributed by atoms with van der Waals surface area (Å²) < 4.78 is 0. The highest BCUT2D eigenvalue weighted by Gasteiger charge is 2.13. The van der Waals surface area contributed by atoms with Crippen LogP contribution in [0.5, 0.6) is 0 Å². The first kappa shape index (κ1) is 14.2. The molecule has 0 saturated heterocycles. The smallest absolute Gasteiger partial charge is 0.227 e. The predicted octanol–water partition coefficient (Wildman–Crippen LogP) is 2.97. The lowest BCUT2D eigenvalue weighted by Gasteiger charge is -2.04. The molecule has 0 saturated carbocycles. The number of nitrogens with one attached hydrogen (secondary N) is 1. The average Bonchev–Trinajstić information content (AvgIpc) is 3.04. The second-order valence-electron chi connectivity index (χ2n) is 5.60. The monoisotopic (exact) mass is 301 g/mol. The zero-order chi connectivity index (χ0) is 14.8. The number of rotatable bonds is 4. The minimum absolute atomic E-state index is 0.0835. The molecule has 5 heteroatoms. The van der Waals surface area contributed by atoms with Crippen LogP contribution in [0, 0.1) is 0 Å². The first-order chi connectivity index (χ1) is 10.1. The second kappa shape index (κ2) is 5.95. The van der Waals surface area contributed by atoms with Crippen molar-refractivity contribution < 1.29 is 4.79 Å². The number of amides is 1. The van der Waals surface area contributed by atoms with Gasteiger partial charge in [0.15, 0.2) is 5.13 Å². The van der Waals surface area contributed by atoms with Gasteiger partial charge in [-0.15, -0.1) is 11.3 Å². The first-order valence-corrected chi connectivity index (χ1v) is 8.13. The summed E-state index contributed by atoms with van der Waals surface area (Å²) in [7, 11) is 0. The number of carbonyl (C=O) groups excluding carboxylic acids is 1. The maximum atomic E-state index is 11.7. The quantitative estimate of drug-likeness (QED) is 0.912. The van der Waals surface area contributed by atoms with Gasteiger partial charge in [0.25, 0.3) is 0 Å². The highest BCUT2D eigenvalue weighted by atomic mass is 32.1. The van der Waals surface area contributed by atoms with Gasteiger partial charge < -0.3 is 11.1 Å². The van der Waals surface area contributed by atoms with Crippen molar-refractivity contribution in [2.45, 2.75) is 38.6 Å². The van der Waals surface area contributed by atoms with Gasteiger partial charge in [-0.1, -0.05) is 12.1 Å².